The van der Waals surface area contributed by atoms with Crippen LogP contribution in [0.4, 0.5) is 0 Å². The first-order valence-electron chi connectivity index (χ1n) is 4.23. The molecule has 0 saturated heterocycles. The molecule has 1 aromatic rings. The second-order valence-electron chi connectivity index (χ2n) is 2.99. The maximum atomic E-state index is 11.2. The Balaban J connectivity index is 2.36. The molecule has 1 unspecified atom stereocenters. The molecule has 1 heterocycles. The lowest BCUT2D eigenvalue weighted by molar-refractivity contribution is 0.0332. The third-order valence-electron chi connectivity index (χ3n) is 2.17. The fraction of sp³-hybridized carbons (Fsp3) is 0.300. The first-order chi connectivity index (χ1) is 6.33. The van der Waals surface area contributed by atoms with Crippen molar-refractivity contribution in [2.24, 2.45) is 0 Å². The maximum absolute atomic E-state index is 11.2. The Labute approximate surface area is 76.0 Å². The van der Waals surface area contributed by atoms with Crippen molar-refractivity contribution in [1.82, 2.24) is 0 Å². The smallest absolute Gasteiger partial charge is 0.339 e. The predicted molar refractivity (Wildman–Crippen MR) is 46.3 cm³/mol. The second-order valence-corrected chi connectivity index (χ2v) is 2.99. The Morgan fingerprint density at radius 1 is 1.38 bits per heavy atom. The number of aliphatic hydroxyl groups is 1. The maximum Gasteiger partial charge on any atom is 0.339 e. The van der Waals surface area contributed by atoms with Crippen LogP contribution in [0.5, 0.6) is 0 Å². The van der Waals surface area contributed by atoms with Crippen molar-refractivity contribution in [1.29, 1.82) is 0 Å². The van der Waals surface area contributed by atoms with Crippen LogP contribution in [0.3, 0.4) is 0 Å². The number of fused-ring (bicyclic) bond motifs is 1. The van der Waals surface area contributed by atoms with Gasteiger partial charge in [-0.05, 0) is 6.07 Å². The van der Waals surface area contributed by atoms with E-state index in [0.717, 1.165) is 5.56 Å². The molecule has 3 nitrogen and oxygen atoms in total. The van der Waals surface area contributed by atoms with Crippen LogP contribution in [0, 0.1) is 0 Å². The van der Waals surface area contributed by atoms with Gasteiger partial charge in [0.15, 0.2) is 0 Å². The Bertz CT molecular complexity index is 333. The largest absolute Gasteiger partial charge is 0.454 e. The number of carbonyl (C=O) groups excluding carboxylic acids is 1. The van der Waals surface area contributed by atoms with E-state index < -0.39 is 0 Å². The molecule has 0 fully saturated rings. The highest BCUT2D eigenvalue weighted by Gasteiger charge is 2.29. The Hall–Kier alpha value is -1.35. The summed E-state index contributed by atoms with van der Waals surface area (Å²) in [7, 11) is 0. The highest BCUT2D eigenvalue weighted by Crippen LogP contribution is 2.32. The van der Waals surface area contributed by atoms with Crippen LogP contribution in [0.25, 0.3) is 0 Å². The molecule has 0 saturated carbocycles. The summed E-state index contributed by atoms with van der Waals surface area (Å²) in [5.41, 5.74) is 1.52. The molecule has 0 radical (unpaired) electrons. The molecule has 1 aliphatic heterocycles. The molecule has 0 spiro atoms. The van der Waals surface area contributed by atoms with E-state index in [1.165, 1.54) is 0 Å². The number of aliphatic hydroxyl groups excluding tert-OH is 1. The van der Waals surface area contributed by atoms with Crippen molar-refractivity contribution >= 4 is 5.97 Å². The molecule has 0 aromatic heterocycles. The SMILES string of the molecule is O=C1OC(CCO)c2ccccc21. The minimum atomic E-state index is -0.283. The summed E-state index contributed by atoms with van der Waals surface area (Å²) in [5, 5.41) is 8.75. The van der Waals surface area contributed by atoms with E-state index in [1.54, 1.807) is 12.1 Å². The lowest BCUT2D eigenvalue weighted by atomic mass is 10.0. The third-order valence-corrected chi connectivity index (χ3v) is 2.17. The lowest BCUT2D eigenvalue weighted by Crippen LogP contribution is -2.00. The number of cyclic esters (lactones) is 1. The number of esters is 1. The fourth-order valence-electron chi connectivity index (χ4n) is 1.55. The van der Waals surface area contributed by atoms with Gasteiger partial charge in [0.25, 0.3) is 0 Å². The van der Waals surface area contributed by atoms with Gasteiger partial charge in [-0.15, -0.1) is 0 Å². The first-order valence-corrected chi connectivity index (χ1v) is 4.23. The lowest BCUT2D eigenvalue weighted by Gasteiger charge is -2.07. The highest BCUT2D eigenvalue weighted by atomic mass is 16.5. The fourth-order valence-corrected chi connectivity index (χ4v) is 1.55. The summed E-state index contributed by atoms with van der Waals surface area (Å²) < 4.78 is 5.07. The topological polar surface area (TPSA) is 46.5 Å². The number of carbonyl (C=O) groups is 1. The molecule has 2 rings (SSSR count). The molecule has 68 valence electrons. The standard InChI is InChI=1S/C10H10O3/c11-6-5-9-7-3-1-2-4-8(7)10(12)13-9/h1-4,9,11H,5-6H2. The summed E-state index contributed by atoms with van der Waals surface area (Å²) >= 11 is 0. The normalized spacial score (nSPS) is 19.8. The molecular formula is C10H10O3. The monoisotopic (exact) mass is 178 g/mol. The Morgan fingerprint density at radius 2 is 2.15 bits per heavy atom. The third kappa shape index (κ3) is 1.31. The molecule has 1 atom stereocenters. The molecular weight excluding hydrogens is 168 g/mol. The first kappa shape index (κ1) is 8.26. The average molecular weight is 178 g/mol. The van der Waals surface area contributed by atoms with Gasteiger partial charge in [-0.3, -0.25) is 0 Å². The van der Waals surface area contributed by atoms with Crippen molar-refractivity contribution in [2.75, 3.05) is 6.61 Å². The van der Waals surface area contributed by atoms with E-state index in [-0.39, 0.29) is 18.7 Å². The molecule has 1 aliphatic rings. The Morgan fingerprint density at radius 3 is 2.92 bits per heavy atom. The van der Waals surface area contributed by atoms with E-state index in [0.29, 0.717) is 12.0 Å². The van der Waals surface area contributed by atoms with E-state index in [1.807, 2.05) is 12.1 Å². The van der Waals surface area contributed by atoms with Crippen LogP contribution in [0.15, 0.2) is 24.3 Å². The number of benzene rings is 1. The van der Waals surface area contributed by atoms with Gasteiger partial charge in [0.1, 0.15) is 6.10 Å². The molecule has 0 amide bonds. The Kier molecular flexibility index (Phi) is 2.02. The van der Waals surface area contributed by atoms with Crippen LogP contribution in [-0.2, 0) is 4.74 Å². The molecule has 13 heavy (non-hydrogen) atoms. The van der Waals surface area contributed by atoms with E-state index in [9.17, 15) is 4.79 Å². The number of rotatable bonds is 2. The van der Waals surface area contributed by atoms with Gasteiger partial charge in [-0.1, -0.05) is 18.2 Å². The minimum absolute atomic E-state index is 0.0340. The second kappa shape index (κ2) is 3.18. The van der Waals surface area contributed by atoms with Gasteiger partial charge in [-0.25, -0.2) is 4.79 Å². The molecule has 0 bridgehead atoms. The van der Waals surface area contributed by atoms with Crippen LogP contribution in [0.2, 0.25) is 0 Å². The average Bonchev–Trinajstić information content (AvgIpc) is 2.46. The van der Waals surface area contributed by atoms with E-state index >= 15 is 0 Å². The zero-order valence-corrected chi connectivity index (χ0v) is 7.06. The molecule has 1 aromatic carbocycles. The van der Waals surface area contributed by atoms with Gasteiger partial charge in [0.2, 0.25) is 0 Å². The number of hydrogen-bond acceptors (Lipinski definition) is 3. The van der Waals surface area contributed by atoms with E-state index in [4.69, 9.17) is 9.84 Å². The predicted octanol–water partition coefficient (Wildman–Crippen LogP) is 1.28. The van der Waals surface area contributed by atoms with Crippen molar-refractivity contribution in [3.63, 3.8) is 0 Å². The quantitative estimate of drug-likeness (QED) is 0.694. The van der Waals surface area contributed by atoms with Gasteiger partial charge in [0, 0.05) is 18.6 Å². The van der Waals surface area contributed by atoms with Crippen molar-refractivity contribution in [3.05, 3.63) is 35.4 Å². The summed E-state index contributed by atoms with van der Waals surface area (Å²) in [5.74, 6) is -0.283. The van der Waals surface area contributed by atoms with Crippen LogP contribution in [-0.4, -0.2) is 17.7 Å². The van der Waals surface area contributed by atoms with Gasteiger partial charge >= 0.3 is 5.97 Å². The molecule has 3 heteroatoms. The van der Waals surface area contributed by atoms with Crippen LogP contribution >= 0.6 is 0 Å². The van der Waals surface area contributed by atoms with Crippen molar-refractivity contribution in [3.8, 4) is 0 Å². The summed E-state index contributed by atoms with van der Waals surface area (Å²) in [6, 6.07) is 7.28. The summed E-state index contributed by atoms with van der Waals surface area (Å²) in [4.78, 5) is 11.2. The van der Waals surface area contributed by atoms with E-state index in [2.05, 4.69) is 0 Å². The van der Waals surface area contributed by atoms with Gasteiger partial charge in [-0.2, -0.15) is 0 Å². The number of ether oxygens (including phenoxy) is 1. The summed E-state index contributed by atoms with van der Waals surface area (Å²) in [6.07, 6.45) is 0.219. The zero-order chi connectivity index (χ0) is 9.26. The van der Waals surface area contributed by atoms with Crippen LogP contribution in [0.1, 0.15) is 28.4 Å². The minimum Gasteiger partial charge on any atom is -0.454 e. The molecule has 1 N–H and O–H groups in total. The number of hydrogen-bond donors (Lipinski definition) is 1. The summed E-state index contributed by atoms with van der Waals surface area (Å²) in [6.45, 7) is 0.0340. The van der Waals surface area contributed by atoms with Crippen molar-refractivity contribution in [2.45, 2.75) is 12.5 Å². The van der Waals surface area contributed by atoms with Gasteiger partial charge < -0.3 is 9.84 Å². The van der Waals surface area contributed by atoms with Crippen molar-refractivity contribution < 1.29 is 14.6 Å². The zero-order valence-electron chi connectivity index (χ0n) is 7.06. The van der Waals surface area contributed by atoms with Crippen LogP contribution < -0.4 is 0 Å². The highest BCUT2D eigenvalue weighted by molar-refractivity contribution is 5.93. The molecule has 0 aliphatic carbocycles. The van der Waals surface area contributed by atoms with Gasteiger partial charge in [0.05, 0.1) is 5.56 Å².